The van der Waals surface area contributed by atoms with Gasteiger partial charge in [0.25, 0.3) is 0 Å². The molecule has 0 bridgehead atoms. The lowest BCUT2D eigenvalue weighted by molar-refractivity contribution is 0.477. The molecule has 3 nitrogen and oxygen atoms in total. The molecule has 2 aromatic heterocycles. The van der Waals surface area contributed by atoms with Crippen molar-refractivity contribution < 1.29 is 0 Å². The number of nitrogens with one attached hydrogen (secondary N) is 1. The zero-order valence-corrected chi connectivity index (χ0v) is 11.9. The van der Waals surface area contributed by atoms with Gasteiger partial charge in [-0.25, -0.2) is 4.98 Å². The molecule has 0 saturated carbocycles. The number of aromatic nitrogens is 2. The first-order chi connectivity index (χ1) is 8.81. The monoisotopic (exact) mass is 263 g/mol. The standard InChI is InChI=1S/C14H21N3S/c1-3-5-14-16-7-8-17(14)12(2)10-15-11-13-6-4-9-18-13/h4,6-9,12,15H,3,5,10-11H2,1-2H3. The molecule has 1 atom stereocenters. The third-order valence-corrected chi connectivity index (χ3v) is 3.89. The van der Waals surface area contributed by atoms with E-state index in [1.54, 1.807) is 11.3 Å². The summed E-state index contributed by atoms with van der Waals surface area (Å²) >= 11 is 1.80. The van der Waals surface area contributed by atoms with Crippen LogP contribution in [0, 0.1) is 0 Å². The second kappa shape index (κ2) is 6.71. The Morgan fingerprint density at radius 3 is 3.11 bits per heavy atom. The van der Waals surface area contributed by atoms with Gasteiger partial charge in [0.05, 0.1) is 0 Å². The molecule has 2 aromatic rings. The fourth-order valence-electron chi connectivity index (χ4n) is 2.08. The molecule has 98 valence electrons. The van der Waals surface area contributed by atoms with Crippen molar-refractivity contribution in [1.29, 1.82) is 0 Å². The largest absolute Gasteiger partial charge is 0.331 e. The van der Waals surface area contributed by atoms with E-state index in [1.165, 1.54) is 10.7 Å². The van der Waals surface area contributed by atoms with E-state index in [0.29, 0.717) is 6.04 Å². The molecule has 0 saturated heterocycles. The molecule has 0 aliphatic carbocycles. The van der Waals surface area contributed by atoms with Gasteiger partial charge in [-0.2, -0.15) is 0 Å². The summed E-state index contributed by atoms with van der Waals surface area (Å²) in [5.41, 5.74) is 0. The molecule has 1 unspecified atom stereocenters. The van der Waals surface area contributed by atoms with Crippen molar-refractivity contribution in [3.63, 3.8) is 0 Å². The Morgan fingerprint density at radius 2 is 2.39 bits per heavy atom. The maximum atomic E-state index is 4.42. The lowest BCUT2D eigenvalue weighted by atomic mass is 10.2. The van der Waals surface area contributed by atoms with Crippen LogP contribution in [-0.4, -0.2) is 16.1 Å². The Balaban J connectivity index is 1.83. The third-order valence-electron chi connectivity index (χ3n) is 3.02. The molecular weight excluding hydrogens is 242 g/mol. The average Bonchev–Trinajstić information content (AvgIpc) is 3.00. The van der Waals surface area contributed by atoms with E-state index in [4.69, 9.17) is 0 Å². The molecule has 0 amide bonds. The summed E-state index contributed by atoms with van der Waals surface area (Å²) in [5, 5.41) is 5.63. The quantitative estimate of drug-likeness (QED) is 0.831. The first-order valence-corrected chi connectivity index (χ1v) is 7.44. The van der Waals surface area contributed by atoms with E-state index >= 15 is 0 Å². The molecule has 0 spiro atoms. The van der Waals surface area contributed by atoms with Gasteiger partial charge in [-0.3, -0.25) is 0 Å². The van der Waals surface area contributed by atoms with Crippen LogP contribution in [0.5, 0.6) is 0 Å². The van der Waals surface area contributed by atoms with Gasteiger partial charge in [0.15, 0.2) is 0 Å². The Kier molecular flexibility index (Phi) is 4.96. The van der Waals surface area contributed by atoms with Gasteiger partial charge in [-0.1, -0.05) is 13.0 Å². The summed E-state index contributed by atoms with van der Waals surface area (Å²) in [6.07, 6.45) is 6.19. The fourth-order valence-corrected chi connectivity index (χ4v) is 2.75. The maximum absolute atomic E-state index is 4.42. The van der Waals surface area contributed by atoms with Crippen molar-refractivity contribution in [2.75, 3.05) is 6.54 Å². The number of hydrogen-bond donors (Lipinski definition) is 1. The second-order valence-electron chi connectivity index (χ2n) is 4.56. The number of aryl methyl sites for hydroxylation is 1. The van der Waals surface area contributed by atoms with Crippen LogP contribution < -0.4 is 5.32 Å². The summed E-state index contributed by atoms with van der Waals surface area (Å²) in [6, 6.07) is 4.72. The Bertz CT molecular complexity index is 447. The molecule has 2 rings (SSSR count). The van der Waals surface area contributed by atoms with E-state index in [-0.39, 0.29) is 0 Å². The smallest absolute Gasteiger partial charge is 0.108 e. The number of rotatable bonds is 7. The molecule has 0 aromatic carbocycles. The lowest BCUT2D eigenvalue weighted by Gasteiger charge is -2.16. The van der Waals surface area contributed by atoms with E-state index in [2.05, 4.69) is 52.4 Å². The number of nitrogens with zero attached hydrogens (tertiary/aromatic N) is 2. The first kappa shape index (κ1) is 13.3. The van der Waals surface area contributed by atoms with Crippen molar-refractivity contribution in [3.05, 3.63) is 40.6 Å². The van der Waals surface area contributed by atoms with Crippen LogP contribution in [-0.2, 0) is 13.0 Å². The van der Waals surface area contributed by atoms with Crippen molar-refractivity contribution in [3.8, 4) is 0 Å². The normalized spacial score (nSPS) is 12.8. The summed E-state index contributed by atoms with van der Waals surface area (Å²) < 4.78 is 2.28. The molecule has 1 N–H and O–H groups in total. The predicted octanol–water partition coefficient (Wildman–Crippen LogP) is 3.25. The number of thiophene rings is 1. The third kappa shape index (κ3) is 3.43. The molecule has 4 heteroatoms. The molecule has 0 aliphatic rings. The molecule has 2 heterocycles. The van der Waals surface area contributed by atoms with E-state index in [1.807, 2.05) is 6.20 Å². The van der Waals surface area contributed by atoms with Gasteiger partial charge in [0, 0.05) is 42.8 Å². The molecular formula is C14H21N3S. The molecule has 0 fully saturated rings. The van der Waals surface area contributed by atoms with Crippen LogP contribution >= 0.6 is 11.3 Å². The Labute approximate surface area is 113 Å². The van der Waals surface area contributed by atoms with Gasteiger partial charge in [-0.05, 0) is 24.8 Å². The summed E-state index contributed by atoms with van der Waals surface area (Å²) in [7, 11) is 0. The van der Waals surface area contributed by atoms with Crippen LogP contribution in [0.3, 0.4) is 0 Å². The zero-order chi connectivity index (χ0) is 12.8. The van der Waals surface area contributed by atoms with Crippen LogP contribution in [0.4, 0.5) is 0 Å². The highest BCUT2D eigenvalue weighted by molar-refractivity contribution is 7.09. The van der Waals surface area contributed by atoms with Crippen LogP contribution in [0.2, 0.25) is 0 Å². The van der Waals surface area contributed by atoms with Crippen molar-refractivity contribution in [1.82, 2.24) is 14.9 Å². The van der Waals surface area contributed by atoms with Gasteiger partial charge in [0.2, 0.25) is 0 Å². The highest BCUT2D eigenvalue weighted by Crippen LogP contribution is 2.11. The molecule has 18 heavy (non-hydrogen) atoms. The van der Waals surface area contributed by atoms with Crippen molar-refractivity contribution >= 4 is 11.3 Å². The zero-order valence-electron chi connectivity index (χ0n) is 11.1. The van der Waals surface area contributed by atoms with Crippen molar-refractivity contribution in [2.45, 2.75) is 39.3 Å². The minimum absolute atomic E-state index is 0.453. The first-order valence-electron chi connectivity index (χ1n) is 6.56. The number of hydrogen-bond acceptors (Lipinski definition) is 3. The minimum Gasteiger partial charge on any atom is -0.331 e. The molecule has 0 radical (unpaired) electrons. The van der Waals surface area contributed by atoms with Gasteiger partial charge in [-0.15, -0.1) is 11.3 Å². The Morgan fingerprint density at radius 1 is 1.50 bits per heavy atom. The highest BCUT2D eigenvalue weighted by atomic mass is 32.1. The van der Waals surface area contributed by atoms with E-state index < -0.39 is 0 Å². The second-order valence-corrected chi connectivity index (χ2v) is 5.59. The maximum Gasteiger partial charge on any atom is 0.108 e. The van der Waals surface area contributed by atoms with E-state index in [9.17, 15) is 0 Å². The van der Waals surface area contributed by atoms with Gasteiger partial charge in [0.1, 0.15) is 5.82 Å². The minimum atomic E-state index is 0.453. The molecule has 0 aliphatic heterocycles. The van der Waals surface area contributed by atoms with Gasteiger partial charge >= 0.3 is 0 Å². The van der Waals surface area contributed by atoms with Crippen molar-refractivity contribution in [2.24, 2.45) is 0 Å². The SMILES string of the molecule is CCCc1nccn1C(C)CNCc1cccs1. The van der Waals surface area contributed by atoms with Crippen LogP contribution in [0.25, 0.3) is 0 Å². The average molecular weight is 263 g/mol. The summed E-state index contributed by atoms with van der Waals surface area (Å²) in [6.45, 7) is 6.37. The Hall–Kier alpha value is -1.13. The predicted molar refractivity (Wildman–Crippen MR) is 77.0 cm³/mol. The van der Waals surface area contributed by atoms with Crippen LogP contribution in [0.15, 0.2) is 29.9 Å². The summed E-state index contributed by atoms with van der Waals surface area (Å²) in [5.74, 6) is 1.20. The lowest BCUT2D eigenvalue weighted by Crippen LogP contribution is -2.23. The van der Waals surface area contributed by atoms with E-state index in [0.717, 1.165) is 25.9 Å². The topological polar surface area (TPSA) is 29.9 Å². The fraction of sp³-hybridized carbons (Fsp3) is 0.500. The number of imidazole rings is 1. The summed E-state index contributed by atoms with van der Waals surface area (Å²) in [4.78, 5) is 5.81. The van der Waals surface area contributed by atoms with Crippen LogP contribution in [0.1, 0.15) is 37.0 Å². The van der Waals surface area contributed by atoms with Gasteiger partial charge < -0.3 is 9.88 Å². The highest BCUT2D eigenvalue weighted by Gasteiger charge is 2.08.